The molecule has 0 fully saturated rings. The number of nitrogens with zero attached hydrogens (tertiary/aromatic N) is 3. The number of hydrogen-bond donors (Lipinski definition) is 4. The minimum atomic E-state index is -0.816. The smallest absolute Gasteiger partial charge is 0.326 e. The van der Waals surface area contributed by atoms with E-state index in [4.69, 9.17) is 11.0 Å². The number of nitrogens with two attached hydrogens (primary N) is 1. The van der Waals surface area contributed by atoms with Gasteiger partial charge in [-0.2, -0.15) is 5.26 Å². The predicted octanol–water partition coefficient (Wildman–Crippen LogP) is 3.96. The van der Waals surface area contributed by atoms with Crippen molar-refractivity contribution in [2.45, 2.75) is 13.0 Å². The van der Waals surface area contributed by atoms with Crippen LogP contribution >= 0.6 is 0 Å². The third-order valence-electron chi connectivity index (χ3n) is 5.27. The van der Waals surface area contributed by atoms with Crippen LogP contribution in [0.15, 0.2) is 60.7 Å². The van der Waals surface area contributed by atoms with Gasteiger partial charge in [-0.05, 0) is 60.7 Å². The Morgan fingerprint density at radius 3 is 2.41 bits per heavy atom. The van der Waals surface area contributed by atoms with Crippen molar-refractivity contribution in [3.8, 4) is 6.07 Å². The van der Waals surface area contributed by atoms with E-state index < -0.39 is 29.5 Å². The summed E-state index contributed by atoms with van der Waals surface area (Å²) in [5.74, 6) is -2.25. The third kappa shape index (κ3) is 5.85. The van der Waals surface area contributed by atoms with Gasteiger partial charge in [-0.3, -0.25) is 14.9 Å². The summed E-state index contributed by atoms with van der Waals surface area (Å²) in [5, 5.41) is 16.4. The number of fused-ring (bicyclic) bond motifs is 1. The number of aryl methyl sites for hydroxylation is 1. The Kier molecular flexibility index (Phi) is 7.06. The van der Waals surface area contributed by atoms with Gasteiger partial charge in [-0.1, -0.05) is 0 Å². The first-order valence-corrected chi connectivity index (χ1v) is 10.9. The van der Waals surface area contributed by atoms with E-state index in [0.717, 1.165) is 6.07 Å². The number of anilines is 3. The number of hydrogen-bond acceptors (Lipinski definition) is 5. The van der Waals surface area contributed by atoms with Gasteiger partial charge in [0, 0.05) is 24.2 Å². The Morgan fingerprint density at radius 1 is 0.973 bits per heavy atom. The number of imidazole rings is 1. The number of nitriles is 1. The molecule has 0 saturated heterocycles. The topological polar surface area (TPSA) is 155 Å². The number of halogens is 2. The number of primary amides is 1. The van der Waals surface area contributed by atoms with Gasteiger partial charge < -0.3 is 20.9 Å². The molecule has 0 radical (unpaired) electrons. The zero-order valence-corrected chi connectivity index (χ0v) is 19.1. The van der Waals surface area contributed by atoms with Gasteiger partial charge in [0.05, 0.1) is 28.4 Å². The molecule has 10 nitrogen and oxygen atoms in total. The lowest BCUT2D eigenvalue weighted by Gasteiger charge is -2.11. The molecule has 0 unspecified atom stereocenters. The number of urea groups is 1. The molecule has 5 N–H and O–H groups in total. The number of carbonyl (C=O) groups excluding carboxylic acids is 3. The lowest BCUT2D eigenvalue weighted by molar-refractivity contribution is -0.118. The van der Waals surface area contributed by atoms with Crippen LogP contribution in [0.25, 0.3) is 11.0 Å². The van der Waals surface area contributed by atoms with Crippen molar-refractivity contribution in [3.63, 3.8) is 0 Å². The second kappa shape index (κ2) is 10.5. The Bertz CT molecular complexity index is 1560. The molecule has 0 aliphatic heterocycles. The summed E-state index contributed by atoms with van der Waals surface area (Å²) in [5.41, 5.74) is 6.77. The van der Waals surface area contributed by atoms with Crippen LogP contribution in [0.3, 0.4) is 0 Å². The molecule has 0 aliphatic rings. The zero-order chi connectivity index (χ0) is 26.5. The third-order valence-corrected chi connectivity index (χ3v) is 5.27. The molecular formula is C25H19F2N7O3. The first-order chi connectivity index (χ1) is 17.7. The van der Waals surface area contributed by atoms with Gasteiger partial charge in [0.15, 0.2) is 0 Å². The van der Waals surface area contributed by atoms with E-state index in [1.54, 1.807) is 28.8 Å². The van der Waals surface area contributed by atoms with Crippen molar-refractivity contribution in [1.29, 1.82) is 5.26 Å². The second-order valence-corrected chi connectivity index (χ2v) is 7.85. The molecular weight excluding hydrogens is 484 g/mol. The average Bonchev–Trinajstić information content (AvgIpc) is 3.20. The summed E-state index contributed by atoms with van der Waals surface area (Å²) in [6.45, 7) is 0.0912. The minimum absolute atomic E-state index is 0.0461. The molecule has 0 atom stereocenters. The minimum Gasteiger partial charge on any atom is -0.370 e. The fourth-order valence-corrected chi connectivity index (χ4v) is 3.50. The molecule has 0 aliphatic carbocycles. The van der Waals surface area contributed by atoms with Crippen molar-refractivity contribution in [2.24, 2.45) is 5.73 Å². The van der Waals surface area contributed by atoms with E-state index in [0.29, 0.717) is 16.7 Å². The first kappa shape index (κ1) is 24.8. The normalized spacial score (nSPS) is 10.5. The van der Waals surface area contributed by atoms with Crippen molar-refractivity contribution < 1.29 is 23.2 Å². The highest BCUT2D eigenvalue weighted by Crippen LogP contribution is 2.25. The fraction of sp³-hybridized carbons (Fsp3) is 0.0800. The number of benzene rings is 3. The summed E-state index contributed by atoms with van der Waals surface area (Å²) < 4.78 is 28.8. The maximum Gasteiger partial charge on any atom is 0.326 e. The monoisotopic (exact) mass is 503 g/mol. The predicted molar refractivity (Wildman–Crippen MR) is 132 cm³/mol. The van der Waals surface area contributed by atoms with Crippen LogP contribution < -0.4 is 21.7 Å². The van der Waals surface area contributed by atoms with Gasteiger partial charge in [0.25, 0.3) is 5.91 Å². The Morgan fingerprint density at radius 2 is 1.73 bits per heavy atom. The van der Waals surface area contributed by atoms with E-state index in [9.17, 15) is 23.2 Å². The van der Waals surface area contributed by atoms with E-state index >= 15 is 0 Å². The van der Waals surface area contributed by atoms with Gasteiger partial charge in [-0.25, -0.2) is 18.6 Å². The van der Waals surface area contributed by atoms with Crippen LogP contribution in [0.1, 0.15) is 22.3 Å². The molecule has 4 rings (SSSR count). The van der Waals surface area contributed by atoms with Crippen molar-refractivity contribution in [2.75, 3.05) is 16.0 Å². The van der Waals surface area contributed by atoms with Crippen LogP contribution in [0.2, 0.25) is 0 Å². The van der Waals surface area contributed by atoms with Crippen LogP contribution in [-0.2, 0) is 11.3 Å². The molecule has 12 heteroatoms. The van der Waals surface area contributed by atoms with Crippen molar-refractivity contribution in [3.05, 3.63) is 83.4 Å². The van der Waals surface area contributed by atoms with Gasteiger partial charge in [0.1, 0.15) is 11.6 Å². The Balaban J connectivity index is 1.58. The largest absolute Gasteiger partial charge is 0.370 e. The molecule has 186 valence electrons. The number of nitrogens with one attached hydrogen (secondary N) is 3. The zero-order valence-electron chi connectivity index (χ0n) is 19.1. The lowest BCUT2D eigenvalue weighted by atomic mass is 10.2. The van der Waals surface area contributed by atoms with Gasteiger partial charge in [-0.15, -0.1) is 0 Å². The summed E-state index contributed by atoms with van der Waals surface area (Å²) in [4.78, 5) is 40.8. The number of aromatic nitrogens is 2. The van der Waals surface area contributed by atoms with Crippen LogP contribution in [-0.4, -0.2) is 27.4 Å². The maximum atomic E-state index is 14.2. The molecule has 4 aromatic rings. The first-order valence-electron chi connectivity index (χ1n) is 10.9. The Hall–Kier alpha value is -5.31. The van der Waals surface area contributed by atoms with Crippen molar-refractivity contribution in [1.82, 2.24) is 9.55 Å². The molecule has 0 saturated carbocycles. The second-order valence-electron chi connectivity index (χ2n) is 7.85. The van der Waals surface area contributed by atoms with E-state index in [2.05, 4.69) is 20.9 Å². The molecule has 1 aromatic heterocycles. The molecule has 1 heterocycles. The van der Waals surface area contributed by atoms with Gasteiger partial charge >= 0.3 is 6.03 Å². The summed E-state index contributed by atoms with van der Waals surface area (Å²) >= 11 is 0. The summed E-state index contributed by atoms with van der Waals surface area (Å²) in [7, 11) is 0. The van der Waals surface area contributed by atoms with E-state index in [-0.39, 0.29) is 35.7 Å². The standard InChI is InChI=1S/C25H19F2N7O3/c26-16-4-2-15(3-5-16)23(36)30-17-6-8-21-20(12-17)31-24(34(21)10-9-22(29)35)33-25(37)32-19-7-1-14(13-28)11-18(19)27/h1-8,11-12H,9-10H2,(H2,29,35)(H,30,36)(H2,31,32,33,37). The molecule has 0 spiro atoms. The van der Waals surface area contributed by atoms with E-state index in [1.165, 1.54) is 36.4 Å². The number of carbonyl (C=O) groups is 3. The lowest BCUT2D eigenvalue weighted by Crippen LogP contribution is -2.23. The Labute approximate surface area is 208 Å². The summed E-state index contributed by atoms with van der Waals surface area (Å²) in [6.07, 6.45) is -0.0466. The van der Waals surface area contributed by atoms with Crippen LogP contribution in [0.4, 0.5) is 30.9 Å². The van der Waals surface area contributed by atoms with E-state index in [1.807, 2.05) is 0 Å². The molecule has 37 heavy (non-hydrogen) atoms. The molecule has 0 bridgehead atoms. The highest BCUT2D eigenvalue weighted by Gasteiger charge is 2.16. The van der Waals surface area contributed by atoms with Gasteiger partial charge in [0.2, 0.25) is 11.9 Å². The highest BCUT2D eigenvalue weighted by molar-refractivity contribution is 6.05. The SMILES string of the molecule is N#Cc1ccc(NC(=O)Nc2nc3cc(NC(=O)c4ccc(F)cc4)ccc3n2CCC(N)=O)c(F)c1. The molecule has 4 amide bonds. The maximum absolute atomic E-state index is 14.2. The average molecular weight is 503 g/mol. The quantitative estimate of drug-likeness (QED) is 0.300. The molecule has 3 aromatic carbocycles. The van der Waals surface area contributed by atoms with Crippen LogP contribution in [0.5, 0.6) is 0 Å². The highest BCUT2D eigenvalue weighted by atomic mass is 19.1. The number of rotatable bonds is 7. The summed E-state index contributed by atoms with van der Waals surface area (Å²) in [6, 6.07) is 14.4. The van der Waals surface area contributed by atoms with Crippen LogP contribution in [0, 0.1) is 23.0 Å². The fourth-order valence-electron chi connectivity index (χ4n) is 3.50. The van der Waals surface area contributed by atoms with Crippen molar-refractivity contribution >= 4 is 46.2 Å². The number of amides is 4.